The Morgan fingerprint density at radius 1 is 0.565 bits per heavy atom. The molecule has 0 N–H and O–H groups in total. The van der Waals surface area contributed by atoms with Crippen LogP contribution in [0.4, 0.5) is 0 Å². The van der Waals surface area contributed by atoms with Gasteiger partial charge in [0.05, 0.1) is 0 Å². The van der Waals surface area contributed by atoms with Crippen LogP contribution in [0.3, 0.4) is 0 Å². The maximum absolute atomic E-state index is 4.71. The Bertz CT molecular complexity index is 158. The molecule has 23 heavy (non-hydrogen) atoms. The minimum atomic E-state index is -1.36. The van der Waals surface area contributed by atoms with Crippen LogP contribution in [-0.2, 0) is 26.6 Å². The number of unbranched alkanes of at least 4 members (excludes halogenated alkanes) is 2. The molecule has 0 aromatic carbocycles. The summed E-state index contributed by atoms with van der Waals surface area (Å²) in [7, 11) is 6.62. The minimum Gasteiger partial charge on any atom is -0.544 e. The summed E-state index contributed by atoms with van der Waals surface area (Å²) in [4.78, 5) is 0. The molecule has 0 aromatic heterocycles. The molecule has 0 aliphatic heterocycles. The van der Waals surface area contributed by atoms with Crippen LogP contribution in [0.5, 0.6) is 0 Å². The number of hydrogen-bond acceptors (Lipinski definition) is 6. The van der Waals surface area contributed by atoms with Gasteiger partial charge in [-0.2, -0.15) is 0 Å². The van der Waals surface area contributed by atoms with E-state index >= 15 is 0 Å². The second-order valence-electron chi connectivity index (χ2n) is 4.18. The van der Waals surface area contributed by atoms with E-state index in [9.17, 15) is 0 Å². The van der Waals surface area contributed by atoms with Crippen molar-refractivity contribution in [2.45, 2.75) is 48.4 Å². The van der Waals surface area contributed by atoms with E-state index in [0.29, 0.717) is 0 Å². The summed E-state index contributed by atoms with van der Waals surface area (Å²) < 4.78 is 31.5. The van der Waals surface area contributed by atoms with Crippen molar-refractivity contribution in [2.75, 3.05) is 42.7 Å². The van der Waals surface area contributed by atoms with Gasteiger partial charge < -0.3 is 26.6 Å². The van der Waals surface area contributed by atoms with E-state index in [0.717, 1.165) is 0 Å². The molecule has 0 spiro atoms. The van der Waals surface area contributed by atoms with Gasteiger partial charge in [-0.25, -0.2) is 0 Å². The third kappa shape index (κ3) is 28.1. The summed E-state index contributed by atoms with van der Waals surface area (Å²) >= 11 is 0.149. The van der Waals surface area contributed by atoms with Crippen molar-refractivity contribution >= 4 is 40.2 Å². The Morgan fingerprint density at radius 2 is 0.826 bits per heavy atom. The molecule has 0 aromatic rings. The zero-order valence-corrected chi connectivity index (χ0v) is 21.0. The van der Waals surface area contributed by atoms with E-state index in [1.807, 2.05) is 0 Å². The van der Waals surface area contributed by atoms with E-state index in [4.69, 9.17) is 26.6 Å². The summed E-state index contributed by atoms with van der Waals surface area (Å²) in [6.07, 6.45) is 5.84. The molecule has 0 aliphatic rings. The Hall–Kier alpha value is 0.992. The topological polar surface area (TPSA) is 55.4 Å². The van der Waals surface area contributed by atoms with Gasteiger partial charge in [0.15, 0.2) is 0 Å². The van der Waals surface area contributed by atoms with Gasteiger partial charge in [0.2, 0.25) is 19.1 Å². The van der Waals surface area contributed by atoms with Gasteiger partial charge in [-0.15, -0.1) is 0 Å². The minimum absolute atomic E-state index is 0.149. The van der Waals surface area contributed by atoms with Crippen LogP contribution in [0.2, 0.25) is 8.87 Å². The van der Waals surface area contributed by atoms with Crippen molar-refractivity contribution in [3.8, 4) is 0 Å². The Balaban J connectivity index is -0.000000264. The molecular weight excluding hydrogens is 439 g/mol. The molecule has 0 heterocycles. The summed E-state index contributed by atoms with van der Waals surface area (Å²) in [6, 6.07) is 0. The first-order valence-corrected chi connectivity index (χ1v) is 14.3. The fourth-order valence-electron chi connectivity index (χ4n) is 1.23. The third-order valence-electron chi connectivity index (χ3n) is 2.41. The zero-order valence-electron chi connectivity index (χ0n) is 16.2. The second-order valence-corrected chi connectivity index (χ2v) is 11.9. The fourth-order valence-corrected chi connectivity index (χ4v) is 6.39. The van der Waals surface area contributed by atoms with Crippen LogP contribution in [0.25, 0.3) is 0 Å². The molecule has 0 saturated heterocycles. The molecule has 0 rings (SSSR count). The third-order valence-corrected chi connectivity index (χ3v) is 8.45. The zero-order chi connectivity index (χ0) is 18.3. The van der Waals surface area contributed by atoms with Crippen LogP contribution in [0.1, 0.15) is 39.5 Å². The van der Waals surface area contributed by atoms with E-state index in [1.54, 1.807) is 51.5 Å². The molecule has 140 valence electrons. The van der Waals surface area contributed by atoms with Crippen molar-refractivity contribution in [3.05, 3.63) is 0 Å². The van der Waals surface area contributed by atoms with Crippen molar-refractivity contribution in [2.24, 2.45) is 0 Å². The summed E-state index contributed by atoms with van der Waals surface area (Å²) in [5.74, 6) is 0. The Labute approximate surface area is 157 Å². The van der Waals surface area contributed by atoms with Gasteiger partial charge in [-0.3, -0.25) is 0 Å². The SMILES string of the molecule is CCC[CH2][Sn+2][CH2]CCC.CO[Si-](OC)OC.CO[Si-](OC)OC. The molecule has 9 heteroatoms. The fraction of sp³-hybridized carbons (Fsp3) is 1.00. The van der Waals surface area contributed by atoms with Crippen LogP contribution < -0.4 is 0 Å². The summed E-state index contributed by atoms with van der Waals surface area (Å²) in [5.41, 5.74) is 0. The monoisotopic (exact) mass is 476 g/mol. The van der Waals surface area contributed by atoms with Crippen LogP contribution in [0.15, 0.2) is 0 Å². The van der Waals surface area contributed by atoms with Crippen LogP contribution in [-0.4, -0.2) is 82.9 Å². The van der Waals surface area contributed by atoms with Crippen molar-refractivity contribution in [1.82, 2.24) is 0 Å². The average molecular weight is 475 g/mol. The van der Waals surface area contributed by atoms with E-state index in [-0.39, 0.29) is 21.1 Å². The summed E-state index contributed by atoms with van der Waals surface area (Å²) in [6.45, 7) is 4.58. The van der Waals surface area contributed by atoms with E-state index in [2.05, 4.69) is 13.8 Å². The van der Waals surface area contributed by atoms with Crippen LogP contribution in [0, 0.1) is 0 Å². The largest absolute Gasteiger partial charge is 0.544 e. The first-order chi connectivity index (χ1) is 11.1. The number of hydrogen-bond donors (Lipinski definition) is 0. The molecule has 0 amide bonds. The van der Waals surface area contributed by atoms with Crippen molar-refractivity contribution in [1.29, 1.82) is 0 Å². The molecule has 0 atom stereocenters. The van der Waals surface area contributed by atoms with E-state index < -0.39 is 19.1 Å². The normalized spacial score (nSPS) is 9.83. The predicted molar refractivity (Wildman–Crippen MR) is 98.7 cm³/mol. The van der Waals surface area contributed by atoms with Gasteiger partial charge >= 0.3 is 69.5 Å². The molecular formula is C14H36O6Si2Sn. The average Bonchev–Trinajstić information content (AvgIpc) is 2.59. The first-order valence-electron chi connectivity index (χ1n) is 7.80. The molecule has 0 fully saturated rings. The van der Waals surface area contributed by atoms with Gasteiger partial charge in [0.25, 0.3) is 0 Å². The van der Waals surface area contributed by atoms with Gasteiger partial charge in [-0.05, 0) is 42.7 Å². The second kappa shape index (κ2) is 27.8. The standard InChI is InChI=1S/2C4H9.2C3H9O3Si.Sn/c2*1-3-4-2;2*1-4-7(5-2)6-3;/h2*1,3-4H2,2H3;2*1-3H3;/q;;2*-1;+2. The Kier molecular flexibility index (Phi) is 34.8. The summed E-state index contributed by atoms with van der Waals surface area (Å²) in [5, 5.41) is 0. The molecule has 0 aliphatic carbocycles. The molecule has 0 bridgehead atoms. The van der Waals surface area contributed by atoms with Crippen LogP contribution >= 0.6 is 0 Å². The van der Waals surface area contributed by atoms with E-state index in [1.165, 1.54) is 25.7 Å². The van der Waals surface area contributed by atoms with Gasteiger partial charge in [0.1, 0.15) is 0 Å². The number of rotatable bonds is 12. The quantitative estimate of drug-likeness (QED) is 0.320. The molecule has 6 nitrogen and oxygen atoms in total. The molecule has 0 saturated carbocycles. The van der Waals surface area contributed by atoms with Gasteiger partial charge in [-0.1, -0.05) is 0 Å². The molecule has 0 radical (unpaired) electrons. The predicted octanol–water partition coefficient (Wildman–Crippen LogP) is 2.95. The smallest absolute Gasteiger partial charge is 0.214 e. The maximum Gasteiger partial charge on any atom is 0.214 e. The molecule has 0 unspecified atom stereocenters. The first kappa shape index (κ1) is 28.8. The van der Waals surface area contributed by atoms with Gasteiger partial charge in [0, 0.05) is 0 Å². The maximum atomic E-state index is 4.71. The van der Waals surface area contributed by atoms with Crippen molar-refractivity contribution < 1.29 is 26.6 Å². The Morgan fingerprint density at radius 3 is 0.957 bits per heavy atom. The van der Waals surface area contributed by atoms with Crippen molar-refractivity contribution in [3.63, 3.8) is 0 Å².